The number of benzene rings is 1. The second-order valence-corrected chi connectivity index (χ2v) is 3.07. The summed E-state index contributed by atoms with van der Waals surface area (Å²) in [5.74, 6) is 4.22. The van der Waals surface area contributed by atoms with E-state index in [0.29, 0.717) is 0 Å². The molecule has 0 saturated heterocycles. The van der Waals surface area contributed by atoms with Crippen molar-refractivity contribution in [2.45, 2.75) is 6.92 Å². The molecule has 92 valence electrons. The minimum atomic E-state index is -0.490. The second kappa shape index (κ2) is 6.49. The molecular formula is C11H14N2O4. The third-order valence-electron chi connectivity index (χ3n) is 1.90. The number of rotatable bonds is 5. The molecule has 6 heteroatoms. The molecule has 6 nitrogen and oxygen atoms in total. The quantitative estimate of drug-likeness (QED) is 0.332. The van der Waals surface area contributed by atoms with Crippen molar-refractivity contribution in [3.05, 3.63) is 29.8 Å². The number of esters is 1. The van der Waals surface area contributed by atoms with Crippen LogP contribution >= 0.6 is 0 Å². The van der Waals surface area contributed by atoms with E-state index in [4.69, 9.17) is 15.3 Å². The van der Waals surface area contributed by atoms with Crippen LogP contribution in [0.2, 0.25) is 0 Å². The molecule has 0 aliphatic heterocycles. The van der Waals surface area contributed by atoms with Gasteiger partial charge in [-0.05, 0) is 19.1 Å². The highest BCUT2D eigenvalue weighted by Gasteiger charge is 2.13. The Hall–Kier alpha value is -2.08. The van der Waals surface area contributed by atoms with Gasteiger partial charge < -0.3 is 9.47 Å². The summed E-state index contributed by atoms with van der Waals surface area (Å²) in [6, 6.07) is 6.52. The fourth-order valence-corrected chi connectivity index (χ4v) is 1.15. The zero-order chi connectivity index (χ0) is 12.7. The number of nitrogens with two attached hydrogens (primary N) is 1. The summed E-state index contributed by atoms with van der Waals surface area (Å²) in [6.45, 7) is 1.73. The van der Waals surface area contributed by atoms with Crippen molar-refractivity contribution in [3.63, 3.8) is 0 Å². The lowest BCUT2D eigenvalue weighted by molar-refractivity contribution is -0.123. The van der Waals surface area contributed by atoms with Gasteiger partial charge in [0, 0.05) is 0 Å². The van der Waals surface area contributed by atoms with Gasteiger partial charge in [-0.25, -0.2) is 10.6 Å². The summed E-state index contributed by atoms with van der Waals surface area (Å²) in [5, 5.41) is 0. The third kappa shape index (κ3) is 3.76. The molecular weight excluding hydrogens is 224 g/mol. The molecule has 0 aliphatic rings. The summed E-state index contributed by atoms with van der Waals surface area (Å²) in [5.41, 5.74) is 2.21. The number of hydrogen-bond donors (Lipinski definition) is 2. The Labute approximate surface area is 98.7 Å². The maximum absolute atomic E-state index is 11.6. The first-order chi connectivity index (χ1) is 8.19. The van der Waals surface area contributed by atoms with Gasteiger partial charge in [0.1, 0.15) is 11.3 Å². The van der Waals surface area contributed by atoms with Crippen LogP contribution < -0.4 is 16.0 Å². The van der Waals surface area contributed by atoms with Gasteiger partial charge in [0.05, 0.1) is 6.61 Å². The summed E-state index contributed by atoms with van der Waals surface area (Å²) in [6.07, 6.45) is 0. The first kappa shape index (κ1) is 13.0. The monoisotopic (exact) mass is 238 g/mol. The zero-order valence-electron chi connectivity index (χ0n) is 9.43. The smallest absolute Gasteiger partial charge is 0.341 e. The molecule has 0 bridgehead atoms. The molecule has 0 aliphatic carbocycles. The number of para-hydroxylation sites is 1. The van der Waals surface area contributed by atoms with Crippen LogP contribution in [0.1, 0.15) is 17.3 Å². The molecule has 0 atom stereocenters. The number of carbonyl (C=O) groups is 2. The lowest BCUT2D eigenvalue weighted by Gasteiger charge is -2.09. The summed E-state index contributed by atoms with van der Waals surface area (Å²) >= 11 is 0. The van der Waals surface area contributed by atoms with E-state index in [0.717, 1.165) is 0 Å². The summed E-state index contributed by atoms with van der Waals surface area (Å²) in [4.78, 5) is 22.5. The van der Waals surface area contributed by atoms with Crippen molar-refractivity contribution in [3.8, 4) is 5.75 Å². The van der Waals surface area contributed by atoms with Crippen molar-refractivity contribution >= 4 is 11.9 Å². The summed E-state index contributed by atoms with van der Waals surface area (Å²) < 4.78 is 10.0. The Morgan fingerprint density at radius 1 is 1.35 bits per heavy atom. The first-order valence-corrected chi connectivity index (χ1v) is 5.07. The van der Waals surface area contributed by atoms with Gasteiger partial charge in [-0.3, -0.25) is 10.2 Å². The molecule has 1 aromatic rings. The van der Waals surface area contributed by atoms with E-state index in [1.54, 1.807) is 31.2 Å². The van der Waals surface area contributed by atoms with Gasteiger partial charge in [0.15, 0.2) is 6.61 Å². The van der Waals surface area contributed by atoms with E-state index in [-0.39, 0.29) is 24.5 Å². The van der Waals surface area contributed by atoms with Crippen LogP contribution in [-0.2, 0) is 9.53 Å². The van der Waals surface area contributed by atoms with Crippen LogP contribution in [0.25, 0.3) is 0 Å². The van der Waals surface area contributed by atoms with Crippen molar-refractivity contribution < 1.29 is 19.1 Å². The Kier molecular flexibility index (Phi) is 4.96. The van der Waals surface area contributed by atoms with Crippen LogP contribution in [0.3, 0.4) is 0 Å². The predicted octanol–water partition coefficient (Wildman–Crippen LogP) is 0.232. The van der Waals surface area contributed by atoms with Crippen LogP contribution in [0.5, 0.6) is 5.75 Å². The molecule has 1 amide bonds. The normalized spacial score (nSPS) is 9.53. The van der Waals surface area contributed by atoms with E-state index in [9.17, 15) is 9.59 Å². The van der Waals surface area contributed by atoms with E-state index < -0.39 is 11.9 Å². The number of nitrogens with one attached hydrogen (secondary N) is 1. The zero-order valence-corrected chi connectivity index (χ0v) is 9.43. The van der Waals surface area contributed by atoms with E-state index in [1.807, 2.05) is 5.43 Å². The van der Waals surface area contributed by atoms with Crippen molar-refractivity contribution in [1.29, 1.82) is 0 Å². The number of hydrogen-bond acceptors (Lipinski definition) is 5. The molecule has 1 aromatic carbocycles. The van der Waals surface area contributed by atoms with Gasteiger partial charge in [0.2, 0.25) is 0 Å². The SMILES string of the molecule is CCOC(=O)c1ccccc1OCC(=O)NN. The molecule has 17 heavy (non-hydrogen) atoms. The van der Waals surface area contributed by atoms with Crippen LogP contribution in [0, 0.1) is 0 Å². The minimum Gasteiger partial charge on any atom is -0.483 e. The molecule has 0 radical (unpaired) electrons. The Balaban J connectivity index is 2.77. The molecule has 3 N–H and O–H groups in total. The van der Waals surface area contributed by atoms with Gasteiger partial charge in [-0.15, -0.1) is 0 Å². The van der Waals surface area contributed by atoms with E-state index in [2.05, 4.69) is 0 Å². The minimum absolute atomic E-state index is 0.257. The number of hydrazine groups is 1. The van der Waals surface area contributed by atoms with Crippen LogP contribution in [0.15, 0.2) is 24.3 Å². The molecule has 0 heterocycles. The van der Waals surface area contributed by atoms with Gasteiger partial charge in [0.25, 0.3) is 5.91 Å². The van der Waals surface area contributed by atoms with Crippen molar-refractivity contribution in [2.75, 3.05) is 13.2 Å². The predicted molar refractivity (Wildman–Crippen MR) is 60.2 cm³/mol. The maximum atomic E-state index is 11.6. The largest absolute Gasteiger partial charge is 0.483 e. The molecule has 0 saturated carbocycles. The lowest BCUT2D eigenvalue weighted by atomic mass is 10.2. The van der Waals surface area contributed by atoms with Gasteiger partial charge >= 0.3 is 5.97 Å². The third-order valence-corrected chi connectivity index (χ3v) is 1.90. The van der Waals surface area contributed by atoms with E-state index in [1.165, 1.54) is 0 Å². The van der Waals surface area contributed by atoms with Crippen molar-refractivity contribution in [2.24, 2.45) is 5.84 Å². The maximum Gasteiger partial charge on any atom is 0.341 e. The molecule has 1 rings (SSSR count). The number of carbonyl (C=O) groups excluding carboxylic acids is 2. The Morgan fingerprint density at radius 2 is 2.06 bits per heavy atom. The Morgan fingerprint density at radius 3 is 2.71 bits per heavy atom. The molecule has 0 fully saturated rings. The fraction of sp³-hybridized carbons (Fsp3) is 0.273. The highest BCUT2D eigenvalue weighted by molar-refractivity contribution is 5.92. The highest BCUT2D eigenvalue weighted by Crippen LogP contribution is 2.18. The molecule has 0 unspecified atom stereocenters. The Bertz CT molecular complexity index is 406. The number of amides is 1. The van der Waals surface area contributed by atoms with Crippen LogP contribution in [0.4, 0.5) is 0 Å². The molecule has 0 aromatic heterocycles. The average molecular weight is 238 g/mol. The standard InChI is InChI=1S/C11H14N2O4/c1-2-16-11(15)8-5-3-4-6-9(8)17-7-10(14)13-12/h3-6H,2,7,12H2,1H3,(H,13,14). The molecule has 0 spiro atoms. The fourth-order valence-electron chi connectivity index (χ4n) is 1.15. The van der Waals surface area contributed by atoms with Gasteiger partial charge in [-0.2, -0.15) is 0 Å². The first-order valence-electron chi connectivity index (χ1n) is 5.07. The van der Waals surface area contributed by atoms with Gasteiger partial charge in [-0.1, -0.05) is 12.1 Å². The lowest BCUT2D eigenvalue weighted by Crippen LogP contribution is -2.34. The van der Waals surface area contributed by atoms with E-state index >= 15 is 0 Å². The van der Waals surface area contributed by atoms with Crippen molar-refractivity contribution in [1.82, 2.24) is 5.43 Å². The van der Waals surface area contributed by atoms with Crippen LogP contribution in [-0.4, -0.2) is 25.1 Å². The second-order valence-electron chi connectivity index (χ2n) is 3.07. The highest BCUT2D eigenvalue weighted by atomic mass is 16.5. The summed E-state index contributed by atoms with van der Waals surface area (Å²) in [7, 11) is 0. The topological polar surface area (TPSA) is 90.6 Å². The number of ether oxygens (including phenoxy) is 2. The average Bonchev–Trinajstić information content (AvgIpc) is 2.36.